The van der Waals surface area contributed by atoms with E-state index in [1.54, 1.807) is 30.5 Å². The molecule has 1 aromatic rings. The number of anilines is 1. The minimum atomic E-state index is -0.0321. The average Bonchev–Trinajstić information content (AvgIpc) is 2.35. The molecule has 0 radical (unpaired) electrons. The molecule has 0 atom stereocenters. The van der Waals surface area contributed by atoms with Gasteiger partial charge in [-0.3, -0.25) is 5.43 Å². The van der Waals surface area contributed by atoms with Crippen LogP contribution in [-0.2, 0) is 0 Å². The molecule has 2 N–H and O–H groups in total. The van der Waals surface area contributed by atoms with E-state index < -0.39 is 0 Å². The maximum atomic E-state index is 8.48. The summed E-state index contributed by atoms with van der Waals surface area (Å²) in [6.07, 6.45) is 2.85. The first-order chi connectivity index (χ1) is 7.81. The fourth-order valence-corrected chi connectivity index (χ4v) is 0.924. The Balaban J connectivity index is 2.66. The van der Waals surface area contributed by atoms with Crippen LogP contribution in [0.4, 0.5) is 5.69 Å². The van der Waals surface area contributed by atoms with E-state index in [1.165, 1.54) is 13.3 Å². The molecule has 0 aliphatic heterocycles. The molecule has 1 heterocycles. The number of nitrogens with one attached hydrogen (secondary N) is 2. The van der Waals surface area contributed by atoms with Gasteiger partial charge < -0.3 is 10.2 Å². The highest BCUT2D eigenvalue weighted by molar-refractivity contribution is 5.51. The summed E-state index contributed by atoms with van der Waals surface area (Å²) in [5.41, 5.74) is 5.92. The van der Waals surface area contributed by atoms with Gasteiger partial charge in [-0.1, -0.05) is 0 Å². The van der Waals surface area contributed by atoms with Crippen LogP contribution in [0.5, 0.6) is 5.88 Å². The molecule has 0 saturated heterocycles. The number of nitriles is 2. The van der Waals surface area contributed by atoms with E-state index in [9.17, 15) is 0 Å². The van der Waals surface area contributed by atoms with Gasteiger partial charge in [0.15, 0.2) is 0 Å². The Kier molecular flexibility index (Phi) is 4.17. The third-order valence-corrected chi connectivity index (χ3v) is 1.63. The Labute approximate surface area is 92.8 Å². The minimum absolute atomic E-state index is 0.0321. The summed E-state index contributed by atoms with van der Waals surface area (Å²) < 4.78 is 4.99. The SMILES string of the molecule is COc1ncccc1NNC=C(C#N)C#N. The minimum Gasteiger partial charge on any atom is -0.479 e. The van der Waals surface area contributed by atoms with E-state index in [4.69, 9.17) is 15.3 Å². The molecule has 0 spiro atoms. The topological polar surface area (TPSA) is 93.8 Å². The Morgan fingerprint density at radius 2 is 2.25 bits per heavy atom. The highest BCUT2D eigenvalue weighted by Gasteiger charge is 2.00. The van der Waals surface area contributed by atoms with Crippen molar-refractivity contribution in [3.63, 3.8) is 0 Å². The molecule has 0 aromatic carbocycles. The quantitative estimate of drug-likeness (QED) is 0.573. The smallest absolute Gasteiger partial charge is 0.238 e. The average molecular weight is 215 g/mol. The molecule has 0 amide bonds. The zero-order valence-electron chi connectivity index (χ0n) is 8.56. The molecule has 0 saturated carbocycles. The Morgan fingerprint density at radius 3 is 2.88 bits per heavy atom. The van der Waals surface area contributed by atoms with Gasteiger partial charge in [0.05, 0.1) is 7.11 Å². The van der Waals surface area contributed by atoms with Crippen molar-refractivity contribution in [2.75, 3.05) is 12.5 Å². The first-order valence-corrected chi connectivity index (χ1v) is 4.32. The zero-order chi connectivity index (χ0) is 11.8. The third kappa shape index (κ3) is 2.89. The Hall–Kier alpha value is -2.73. The van der Waals surface area contributed by atoms with E-state index in [1.807, 2.05) is 0 Å². The fourth-order valence-electron chi connectivity index (χ4n) is 0.924. The summed E-state index contributed by atoms with van der Waals surface area (Å²) >= 11 is 0. The summed E-state index contributed by atoms with van der Waals surface area (Å²) in [6.45, 7) is 0. The van der Waals surface area contributed by atoms with Gasteiger partial charge in [-0.2, -0.15) is 10.5 Å². The van der Waals surface area contributed by atoms with Crippen LogP contribution < -0.4 is 15.6 Å². The maximum absolute atomic E-state index is 8.48. The number of nitrogens with zero attached hydrogens (tertiary/aromatic N) is 3. The summed E-state index contributed by atoms with van der Waals surface area (Å²) in [4.78, 5) is 3.96. The van der Waals surface area contributed by atoms with Gasteiger partial charge in [0.1, 0.15) is 23.4 Å². The van der Waals surface area contributed by atoms with Crippen LogP contribution in [0.25, 0.3) is 0 Å². The number of hydrogen-bond acceptors (Lipinski definition) is 6. The predicted molar refractivity (Wildman–Crippen MR) is 56.9 cm³/mol. The number of allylic oxidation sites excluding steroid dienone is 1. The first kappa shape index (κ1) is 11.3. The lowest BCUT2D eigenvalue weighted by Crippen LogP contribution is -2.16. The van der Waals surface area contributed by atoms with Crippen LogP contribution in [0.3, 0.4) is 0 Å². The molecular formula is C10H9N5O. The van der Waals surface area contributed by atoms with Crippen LogP contribution in [-0.4, -0.2) is 12.1 Å². The second-order valence-corrected chi connectivity index (χ2v) is 2.61. The van der Waals surface area contributed by atoms with E-state index >= 15 is 0 Å². The fraction of sp³-hybridized carbons (Fsp3) is 0.100. The summed E-state index contributed by atoms with van der Waals surface area (Å²) in [5, 5.41) is 17.0. The lowest BCUT2D eigenvalue weighted by molar-refractivity contribution is 0.399. The molecule has 6 heteroatoms. The normalized spacial score (nSPS) is 8.19. The van der Waals surface area contributed by atoms with E-state index in [0.29, 0.717) is 11.6 Å². The second-order valence-electron chi connectivity index (χ2n) is 2.61. The Bertz CT molecular complexity index is 453. The maximum Gasteiger partial charge on any atom is 0.238 e. The highest BCUT2D eigenvalue weighted by atomic mass is 16.5. The molecule has 80 valence electrons. The van der Waals surface area contributed by atoms with Crippen molar-refractivity contribution in [3.8, 4) is 18.0 Å². The lowest BCUT2D eigenvalue weighted by Gasteiger charge is -2.08. The molecule has 0 bridgehead atoms. The molecule has 16 heavy (non-hydrogen) atoms. The number of methoxy groups -OCH3 is 1. The number of hydrogen-bond donors (Lipinski definition) is 2. The molecular weight excluding hydrogens is 206 g/mol. The largest absolute Gasteiger partial charge is 0.479 e. The molecule has 1 aromatic heterocycles. The van der Waals surface area contributed by atoms with Gasteiger partial charge in [-0.25, -0.2) is 4.98 Å². The van der Waals surface area contributed by atoms with Crippen molar-refractivity contribution in [1.82, 2.24) is 10.4 Å². The molecule has 0 fully saturated rings. The monoisotopic (exact) mass is 215 g/mol. The van der Waals surface area contributed by atoms with Crippen LogP contribution in [0.15, 0.2) is 30.1 Å². The molecule has 6 nitrogen and oxygen atoms in total. The molecule has 0 aliphatic carbocycles. The van der Waals surface area contributed by atoms with E-state index in [2.05, 4.69) is 15.8 Å². The molecule has 0 unspecified atom stereocenters. The van der Waals surface area contributed by atoms with Crippen molar-refractivity contribution in [2.45, 2.75) is 0 Å². The van der Waals surface area contributed by atoms with Gasteiger partial charge in [-0.15, -0.1) is 0 Å². The second kappa shape index (κ2) is 5.89. The van der Waals surface area contributed by atoms with E-state index in [0.717, 1.165) is 0 Å². The van der Waals surface area contributed by atoms with Gasteiger partial charge in [0.2, 0.25) is 5.88 Å². The number of ether oxygens (including phenoxy) is 1. The van der Waals surface area contributed by atoms with Crippen LogP contribution in [0.2, 0.25) is 0 Å². The summed E-state index contributed by atoms with van der Waals surface area (Å²) in [5.74, 6) is 0.416. The zero-order valence-corrected chi connectivity index (χ0v) is 8.56. The highest BCUT2D eigenvalue weighted by Crippen LogP contribution is 2.18. The van der Waals surface area contributed by atoms with Crippen molar-refractivity contribution in [2.24, 2.45) is 0 Å². The van der Waals surface area contributed by atoms with Crippen molar-refractivity contribution in [3.05, 3.63) is 30.1 Å². The molecule has 0 aliphatic rings. The number of rotatable bonds is 4. The lowest BCUT2D eigenvalue weighted by atomic mass is 10.4. The number of pyridine rings is 1. The number of hydrazine groups is 1. The summed E-state index contributed by atoms with van der Waals surface area (Å²) in [7, 11) is 1.50. The number of aromatic nitrogens is 1. The van der Waals surface area contributed by atoms with Crippen molar-refractivity contribution >= 4 is 5.69 Å². The van der Waals surface area contributed by atoms with Crippen molar-refractivity contribution in [1.29, 1.82) is 10.5 Å². The molecule has 1 rings (SSSR count). The van der Waals surface area contributed by atoms with Crippen LogP contribution in [0.1, 0.15) is 0 Å². The van der Waals surface area contributed by atoms with Crippen LogP contribution in [0, 0.1) is 22.7 Å². The van der Waals surface area contributed by atoms with E-state index in [-0.39, 0.29) is 5.57 Å². The first-order valence-electron chi connectivity index (χ1n) is 4.32. The van der Waals surface area contributed by atoms with Gasteiger partial charge in [0.25, 0.3) is 0 Å². The Morgan fingerprint density at radius 1 is 1.50 bits per heavy atom. The van der Waals surface area contributed by atoms with Crippen LogP contribution >= 0.6 is 0 Å². The standard InChI is InChI=1S/C10H9N5O/c1-16-10-9(3-2-4-13-10)15-14-7-8(5-11)6-12/h2-4,7,14-15H,1H3. The van der Waals surface area contributed by atoms with Gasteiger partial charge >= 0.3 is 0 Å². The van der Waals surface area contributed by atoms with Crippen molar-refractivity contribution < 1.29 is 4.74 Å². The predicted octanol–water partition coefficient (Wildman–Crippen LogP) is 0.938. The summed E-state index contributed by atoms with van der Waals surface area (Å²) in [6, 6.07) is 6.90. The third-order valence-electron chi connectivity index (χ3n) is 1.63. The van der Waals surface area contributed by atoms with Gasteiger partial charge in [0, 0.05) is 12.4 Å². The van der Waals surface area contributed by atoms with Gasteiger partial charge in [-0.05, 0) is 12.1 Å².